The van der Waals surface area contributed by atoms with Gasteiger partial charge in [-0.25, -0.2) is 8.42 Å². The minimum Gasteiger partial charge on any atom is -0.497 e. The normalized spacial score (nSPS) is 23.6. The molecule has 2 atom stereocenters. The second-order valence-electron chi connectivity index (χ2n) is 7.77. The van der Waals surface area contributed by atoms with Crippen LogP contribution in [0.5, 0.6) is 5.75 Å². The molecular formula is C22H24N2O4S2. The molecule has 1 amide bonds. The third-order valence-corrected chi connectivity index (χ3v) is 8.64. The first-order valence-electron chi connectivity index (χ1n) is 9.74. The molecule has 0 bridgehead atoms. The zero-order valence-electron chi connectivity index (χ0n) is 17.2. The molecule has 2 fully saturated rings. The first kappa shape index (κ1) is 20.9. The third kappa shape index (κ3) is 4.25. The lowest BCUT2D eigenvalue weighted by atomic mass is 10.1. The summed E-state index contributed by atoms with van der Waals surface area (Å²) in [6.45, 7) is 3.99. The number of amides is 1. The van der Waals surface area contributed by atoms with E-state index < -0.39 is 9.84 Å². The number of fused-ring (bicyclic) bond motifs is 1. The number of ether oxygens (including phenoxy) is 1. The molecule has 158 valence electrons. The van der Waals surface area contributed by atoms with Crippen LogP contribution in [0, 0.1) is 13.8 Å². The summed E-state index contributed by atoms with van der Waals surface area (Å²) in [5.74, 6) is 0.693. The van der Waals surface area contributed by atoms with Crippen molar-refractivity contribution in [2.24, 2.45) is 4.99 Å². The van der Waals surface area contributed by atoms with Crippen LogP contribution in [0.1, 0.15) is 16.7 Å². The van der Waals surface area contributed by atoms with Crippen LogP contribution in [0.2, 0.25) is 0 Å². The van der Waals surface area contributed by atoms with Crippen LogP contribution in [0.3, 0.4) is 0 Å². The average Bonchev–Trinajstić information content (AvgIpc) is 3.15. The van der Waals surface area contributed by atoms with E-state index in [-0.39, 0.29) is 35.1 Å². The molecule has 2 aromatic carbocycles. The van der Waals surface area contributed by atoms with Crippen LogP contribution in [0.25, 0.3) is 0 Å². The fraction of sp³-hybridized carbons (Fsp3) is 0.364. The Balaban J connectivity index is 1.64. The number of methoxy groups -OCH3 is 1. The minimum absolute atomic E-state index is 0.0870. The van der Waals surface area contributed by atoms with Crippen LogP contribution in [0.4, 0.5) is 5.69 Å². The van der Waals surface area contributed by atoms with Crippen molar-refractivity contribution in [1.29, 1.82) is 0 Å². The maximum Gasteiger partial charge on any atom is 0.252 e. The molecule has 0 aromatic heterocycles. The average molecular weight is 445 g/mol. The highest BCUT2D eigenvalue weighted by molar-refractivity contribution is 8.16. The number of hydrogen-bond donors (Lipinski definition) is 0. The Morgan fingerprint density at radius 2 is 1.90 bits per heavy atom. The van der Waals surface area contributed by atoms with Gasteiger partial charge in [-0.1, -0.05) is 36.0 Å². The molecule has 2 aliphatic rings. The summed E-state index contributed by atoms with van der Waals surface area (Å²) in [6, 6.07) is 13.2. The highest BCUT2D eigenvalue weighted by atomic mass is 32.2. The van der Waals surface area contributed by atoms with Gasteiger partial charge in [0.25, 0.3) is 5.91 Å². The molecule has 2 heterocycles. The Kier molecular flexibility index (Phi) is 5.63. The lowest BCUT2D eigenvalue weighted by molar-refractivity contribution is -0.117. The molecule has 2 unspecified atom stereocenters. The molecule has 8 heteroatoms. The zero-order valence-corrected chi connectivity index (χ0v) is 18.8. The standard InChI is InChI=1S/C22H24N2O4S2/c1-14-4-5-15(2)18(10-14)24-19-12-30(26,27)13-20(19)29-22(24)23-21(25)11-16-6-8-17(28-3)9-7-16/h4-10,19-20H,11-13H2,1-3H3. The van der Waals surface area contributed by atoms with E-state index in [2.05, 4.69) is 4.99 Å². The number of benzene rings is 2. The second-order valence-corrected chi connectivity index (χ2v) is 11.1. The van der Waals surface area contributed by atoms with E-state index >= 15 is 0 Å². The number of anilines is 1. The number of rotatable bonds is 4. The number of hydrogen-bond acceptors (Lipinski definition) is 5. The van der Waals surface area contributed by atoms with Gasteiger partial charge in [0.1, 0.15) is 5.75 Å². The van der Waals surface area contributed by atoms with Gasteiger partial charge in [0.05, 0.1) is 31.1 Å². The number of aliphatic imine (C=N–C) groups is 1. The van der Waals surface area contributed by atoms with Crippen molar-refractivity contribution < 1.29 is 17.9 Å². The van der Waals surface area contributed by atoms with E-state index in [0.29, 0.717) is 5.17 Å². The largest absolute Gasteiger partial charge is 0.497 e. The van der Waals surface area contributed by atoms with Gasteiger partial charge in [0, 0.05) is 10.9 Å². The number of carbonyl (C=O) groups is 1. The smallest absolute Gasteiger partial charge is 0.252 e. The summed E-state index contributed by atoms with van der Waals surface area (Å²) in [6.07, 6.45) is 0.183. The molecular weight excluding hydrogens is 420 g/mol. The van der Waals surface area contributed by atoms with Crippen molar-refractivity contribution in [3.8, 4) is 5.75 Å². The summed E-state index contributed by atoms with van der Waals surface area (Å²) >= 11 is 1.40. The van der Waals surface area contributed by atoms with Crippen LogP contribution in [-0.2, 0) is 21.1 Å². The Morgan fingerprint density at radius 1 is 1.17 bits per heavy atom. The van der Waals surface area contributed by atoms with E-state index in [9.17, 15) is 13.2 Å². The SMILES string of the molecule is COc1ccc(CC(=O)N=C2SC3CS(=O)(=O)CC3N2c2cc(C)ccc2C)cc1. The van der Waals surface area contributed by atoms with Crippen molar-refractivity contribution in [3.63, 3.8) is 0 Å². The van der Waals surface area contributed by atoms with Gasteiger partial charge in [-0.15, -0.1) is 0 Å². The number of thioether (sulfide) groups is 1. The maximum absolute atomic E-state index is 12.7. The summed E-state index contributed by atoms with van der Waals surface area (Å²) < 4.78 is 29.6. The van der Waals surface area contributed by atoms with Crippen LogP contribution in [-0.4, -0.2) is 49.4 Å². The number of sulfone groups is 1. The number of carbonyl (C=O) groups excluding carboxylic acids is 1. The van der Waals surface area contributed by atoms with Crippen LogP contribution in [0.15, 0.2) is 47.5 Å². The summed E-state index contributed by atoms with van der Waals surface area (Å²) in [7, 11) is -1.49. The summed E-state index contributed by atoms with van der Waals surface area (Å²) in [5, 5.41) is 0.481. The predicted molar refractivity (Wildman–Crippen MR) is 121 cm³/mol. The maximum atomic E-state index is 12.7. The third-order valence-electron chi connectivity index (χ3n) is 5.43. The predicted octanol–water partition coefficient (Wildman–Crippen LogP) is 3.16. The molecule has 4 rings (SSSR count). The highest BCUT2D eigenvalue weighted by Crippen LogP contribution is 2.42. The van der Waals surface area contributed by atoms with Gasteiger partial charge in [0.2, 0.25) is 0 Å². The van der Waals surface area contributed by atoms with Crippen molar-refractivity contribution in [1.82, 2.24) is 0 Å². The van der Waals surface area contributed by atoms with Crippen molar-refractivity contribution >= 4 is 38.4 Å². The van der Waals surface area contributed by atoms with Crippen molar-refractivity contribution in [2.75, 3.05) is 23.5 Å². The van der Waals surface area contributed by atoms with E-state index in [0.717, 1.165) is 28.1 Å². The summed E-state index contributed by atoms with van der Waals surface area (Å²) in [4.78, 5) is 19.1. The molecule has 0 N–H and O–H groups in total. The monoisotopic (exact) mass is 444 g/mol. The molecule has 30 heavy (non-hydrogen) atoms. The van der Waals surface area contributed by atoms with E-state index in [1.54, 1.807) is 7.11 Å². The highest BCUT2D eigenvalue weighted by Gasteiger charge is 2.49. The van der Waals surface area contributed by atoms with Crippen molar-refractivity contribution in [3.05, 3.63) is 59.2 Å². The zero-order chi connectivity index (χ0) is 21.5. The Hall–Kier alpha value is -2.32. The number of amidine groups is 1. The molecule has 2 aromatic rings. The lowest BCUT2D eigenvalue weighted by Gasteiger charge is -2.26. The lowest BCUT2D eigenvalue weighted by Crippen LogP contribution is -2.38. The molecule has 2 saturated heterocycles. The topological polar surface area (TPSA) is 76.0 Å². The first-order valence-corrected chi connectivity index (χ1v) is 12.4. The van der Waals surface area contributed by atoms with Gasteiger partial charge in [-0.2, -0.15) is 4.99 Å². The van der Waals surface area contributed by atoms with Gasteiger partial charge < -0.3 is 9.64 Å². The van der Waals surface area contributed by atoms with E-state index in [1.807, 2.05) is 61.2 Å². The van der Waals surface area contributed by atoms with Gasteiger partial charge >= 0.3 is 0 Å². The summed E-state index contributed by atoms with van der Waals surface area (Å²) in [5.41, 5.74) is 3.88. The Bertz CT molecular complexity index is 1110. The van der Waals surface area contributed by atoms with Gasteiger partial charge in [-0.3, -0.25) is 4.79 Å². The van der Waals surface area contributed by atoms with Crippen molar-refractivity contribution in [2.45, 2.75) is 31.6 Å². The molecule has 0 aliphatic carbocycles. The second kappa shape index (κ2) is 8.07. The van der Waals surface area contributed by atoms with Crippen LogP contribution >= 0.6 is 11.8 Å². The quantitative estimate of drug-likeness (QED) is 0.721. The van der Waals surface area contributed by atoms with E-state index in [1.165, 1.54) is 11.8 Å². The molecule has 0 saturated carbocycles. The molecule has 0 radical (unpaired) electrons. The molecule has 0 spiro atoms. The first-order chi connectivity index (χ1) is 14.3. The van der Waals surface area contributed by atoms with E-state index in [4.69, 9.17) is 4.74 Å². The molecule has 6 nitrogen and oxygen atoms in total. The Labute approximate surface area is 181 Å². The minimum atomic E-state index is -3.09. The fourth-order valence-electron chi connectivity index (χ4n) is 3.89. The fourth-order valence-corrected chi connectivity index (χ4v) is 7.81. The van der Waals surface area contributed by atoms with Gasteiger partial charge in [0.15, 0.2) is 15.0 Å². The number of nitrogens with zero attached hydrogens (tertiary/aromatic N) is 2. The number of aryl methyl sites for hydroxylation is 2. The van der Waals surface area contributed by atoms with Crippen LogP contribution < -0.4 is 9.64 Å². The Morgan fingerprint density at radius 3 is 2.60 bits per heavy atom. The molecule has 2 aliphatic heterocycles. The van der Waals surface area contributed by atoms with Gasteiger partial charge in [-0.05, 0) is 48.7 Å².